The van der Waals surface area contributed by atoms with Crippen molar-refractivity contribution in [3.05, 3.63) is 64.4 Å². The van der Waals surface area contributed by atoms with Crippen molar-refractivity contribution in [1.29, 1.82) is 0 Å². The summed E-state index contributed by atoms with van der Waals surface area (Å²) in [6, 6.07) is 4.33. The first-order valence-corrected chi connectivity index (χ1v) is 11.1. The first-order valence-electron chi connectivity index (χ1n) is 11.1. The number of halogens is 2. The number of nitrogens with zero attached hydrogens (tertiary/aromatic N) is 4. The largest absolute Gasteiger partial charge is 0.477 e. The number of carbonyl (C=O) groups is 1. The Labute approximate surface area is 203 Å². The summed E-state index contributed by atoms with van der Waals surface area (Å²) < 4.78 is 38.3. The maximum absolute atomic E-state index is 13.6. The molecule has 0 atom stereocenters. The molecule has 0 unspecified atom stereocenters. The van der Waals surface area contributed by atoms with Crippen LogP contribution in [0.4, 0.5) is 8.78 Å². The first kappa shape index (κ1) is 26.1. The van der Waals surface area contributed by atoms with Crippen LogP contribution in [0, 0.1) is 0 Å². The summed E-state index contributed by atoms with van der Waals surface area (Å²) in [6.07, 6.45) is 2.87. The summed E-state index contributed by atoms with van der Waals surface area (Å²) in [6.45, 7) is 13.2. The Morgan fingerprint density at radius 1 is 1.34 bits per heavy atom. The fraction of sp³-hybridized carbons (Fsp3) is 0.400. The molecule has 1 amide bonds. The molecule has 1 fully saturated rings. The number of aromatic nitrogens is 3. The first-order chi connectivity index (χ1) is 16.5. The molecule has 3 rings (SSSR count). The maximum atomic E-state index is 13.6. The van der Waals surface area contributed by atoms with Gasteiger partial charge in [-0.15, -0.1) is 10.2 Å². The molecule has 8 nitrogen and oxygen atoms in total. The van der Waals surface area contributed by atoms with Gasteiger partial charge in [0.05, 0.1) is 25.5 Å². The summed E-state index contributed by atoms with van der Waals surface area (Å²) in [5.41, 5.74) is 2.31. The lowest BCUT2D eigenvalue weighted by Gasteiger charge is -2.38. The lowest BCUT2D eigenvalue weighted by atomic mass is 9.81. The van der Waals surface area contributed by atoms with Gasteiger partial charge >= 0.3 is 0 Å². The Kier molecular flexibility index (Phi) is 7.74. The average Bonchev–Trinajstić information content (AvgIpc) is 2.80. The van der Waals surface area contributed by atoms with Crippen molar-refractivity contribution >= 4 is 18.2 Å². The van der Waals surface area contributed by atoms with Crippen LogP contribution in [0.3, 0.4) is 0 Å². The molecule has 2 aromatic rings. The highest BCUT2D eigenvalue weighted by Gasteiger charge is 2.39. The minimum Gasteiger partial charge on any atom is -0.477 e. The van der Waals surface area contributed by atoms with Gasteiger partial charge in [0.1, 0.15) is 5.69 Å². The molecule has 0 radical (unpaired) electrons. The van der Waals surface area contributed by atoms with Crippen LogP contribution in [0.15, 0.2) is 46.9 Å². The van der Waals surface area contributed by atoms with E-state index in [0.29, 0.717) is 48.4 Å². The summed E-state index contributed by atoms with van der Waals surface area (Å²) in [5, 5.41) is 11.3. The monoisotopic (exact) mass is 485 g/mol. The van der Waals surface area contributed by atoms with Gasteiger partial charge in [-0.05, 0) is 51.8 Å². The third-order valence-corrected chi connectivity index (χ3v) is 5.58. The molecule has 1 aliphatic heterocycles. The van der Waals surface area contributed by atoms with Crippen LogP contribution in [-0.2, 0) is 16.1 Å². The highest BCUT2D eigenvalue weighted by molar-refractivity contribution is 5.95. The third-order valence-electron chi connectivity index (χ3n) is 5.58. The number of pyridine rings is 1. The van der Waals surface area contributed by atoms with E-state index in [1.165, 1.54) is 12.3 Å². The van der Waals surface area contributed by atoms with Crippen LogP contribution in [0.5, 0.6) is 5.88 Å². The van der Waals surface area contributed by atoms with Crippen molar-refractivity contribution in [2.75, 3.05) is 19.8 Å². The van der Waals surface area contributed by atoms with Crippen LogP contribution >= 0.6 is 0 Å². The number of alkyl halides is 2. The number of nitrogens with one attached hydrogen (secondary N) is 1. The van der Waals surface area contributed by atoms with E-state index < -0.39 is 17.5 Å². The zero-order valence-electron chi connectivity index (χ0n) is 20.5. The van der Waals surface area contributed by atoms with Gasteiger partial charge in [0.25, 0.3) is 11.8 Å². The topological polar surface area (TPSA) is 98.6 Å². The number of carbonyl (C=O) groups excluding carboxylic acids is 1. The van der Waals surface area contributed by atoms with Crippen molar-refractivity contribution in [3.63, 3.8) is 0 Å². The van der Waals surface area contributed by atoms with E-state index >= 15 is 0 Å². The average molecular weight is 486 g/mol. The molecular weight excluding hydrogens is 456 g/mol. The third kappa shape index (κ3) is 5.94. The molecule has 2 aromatic heterocycles. The van der Waals surface area contributed by atoms with Crippen molar-refractivity contribution in [3.8, 4) is 5.88 Å². The highest BCUT2D eigenvalue weighted by Crippen LogP contribution is 2.38. The van der Waals surface area contributed by atoms with E-state index in [1.807, 2.05) is 13.0 Å². The number of amides is 1. The molecule has 0 aliphatic carbocycles. The summed E-state index contributed by atoms with van der Waals surface area (Å²) >= 11 is 0. The SMILES string of the molecule is C=N/C(C)=C(\C=C(/C)NC(=O)c1ccnc(C(C)(F)F)c1)c1cc(C2(C)COC2)c(OCC)nn1. The Balaban J connectivity index is 1.94. The molecule has 1 aliphatic rings. The second-order valence-electron chi connectivity index (χ2n) is 8.69. The van der Waals surface area contributed by atoms with Gasteiger partial charge in [-0.25, -0.2) is 0 Å². The zero-order valence-corrected chi connectivity index (χ0v) is 20.5. The molecule has 35 heavy (non-hydrogen) atoms. The number of ether oxygens (including phenoxy) is 2. The van der Waals surface area contributed by atoms with Crippen LogP contribution < -0.4 is 10.1 Å². The fourth-order valence-electron chi connectivity index (χ4n) is 3.52. The van der Waals surface area contributed by atoms with Crippen LogP contribution in [-0.4, -0.2) is 47.6 Å². The number of hydrogen-bond acceptors (Lipinski definition) is 7. The Morgan fingerprint density at radius 3 is 2.63 bits per heavy atom. The molecule has 10 heteroatoms. The number of allylic oxidation sites excluding steroid dienone is 4. The van der Waals surface area contributed by atoms with E-state index in [2.05, 4.69) is 39.1 Å². The molecule has 0 spiro atoms. The van der Waals surface area contributed by atoms with Gasteiger partial charge in [0, 0.05) is 46.6 Å². The molecule has 0 saturated carbocycles. The minimum absolute atomic E-state index is 0.0643. The summed E-state index contributed by atoms with van der Waals surface area (Å²) in [4.78, 5) is 20.4. The number of hydrogen-bond donors (Lipinski definition) is 1. The molecule has 0 aromatic carbocycles. The van der Waals surface area contributed by atoms with E-state index in [-0.39, 0.29) is 11.0 Å². The van der Waals surface area contributed by atoms with Crippen molar-refractivity contribution in [2.45, 2.75) is 46.0 Å². The zero-order chi connectivity index (χ0) is 25.8. The standard InChI is InChI=1S/C25H29F2N5O3/c1-7-35-23-19(24(4)13-34-14-24)12-20(31-32-23)18(16(3)28-6)10-15(2)30-22(33)17-8-9-29-21(11-17)25(5,26)27/h8-12H,6-7,13-14H2,1-5H3,(H,30,33)/b15-10+,18-16+. The minimum atomic E-state index is -3.16. The van der Waals surface area contributed by atoms with Gasteiger partial charge in [0.15, 0.2) is 0 Å². The van der Waals surface area contributed by atoms with Crippen LogP contribution in [0.25, 0.3) is 5.57 Å². The smallest absolute Gasteiger partial charge is 0.286 e. The fourth-order valence-corrected chi connectivity index (χ4v) is 3.52. The molecule has 186 valence electrons. The van der Waals surface area contributed by atoms with E-state index in [1.54, 1.807) is 19.9 Å². The van der Waals surface area contributed by atoms with Crippen LogP contribution in [0.2, 0.25) is 0 Å². The van der Waals surface area contributed by atoms with Crippen LogP contribution in [0.1, 0.15) is 61.9 Å². The molecule has 1 saturated heterocycles. The Morgan fingerprint density at radius 2 is 2.06 bits per heavy atom. The Bertz CT molecular complexity index is 1180. The van der Waals surface area contributed by atoms with E-state index in [0.717, 1.165) is 18.6 Å². The number of aliphatic imine (C=N–C) groups is 1. The maximum Gasteiger partial charge on any atom is 0.286 e. The normalized spacial score (nSPS) is 16.1. The van der Waals surface area contributed by atoms with E-state index in [4.69, 9.17) is 9.47 Å². The highest BCUT2D eigenvalue weighted by atomic mass is 19.3. The lowest BCUT2D eigenvalue weighted by Crippen LogP contribution is -2.44. The van der Waals surface area contributed by atoms with Gasteiger partial charge in [0.2, 0.25) is 5.88 Å². The van der Waals surface area contributed by atoms with Gasteiger partial charge in [-0.1, -0.05) is 6.92 Å². The van der Waals surface area contributed by atoms with Gasteiger partial charge < -0.3 is 14.8 Å². The second-order valence-corrected chi connectivity index (χ2v) is 8.69. The van der Waals surface area contributed by atoms with Crippen molar-refractivity contribution < 1.29 is 23.0 Å². The molecular formula is C25H29F2N5O3. The van der Waals surface area contributed by atoms with Crippen molar-refractivity contribution in [1.82, 2.24) is 20.5 Å². The molecule has 1 N–H and O–H groups in total. The molecule has 3 heterocycles. The summed E-state index contributed by atoms with van der Waals surface area (Å²) in [7, 11) is 0. The quantitative estimate of drug-likeness (QED) is 0.417. The van der Waals surface area contributed by atoms with Gasteiger partial charge in [-0.3, -0.25) is 14.8 Å². The second kappa shape index (κ2) is 10.4. The predicted molar refractivity (Wildman–Crippen MR) is 129 cm³/mol. The Hall–Kier alpha value is -3.53. The van der Waals surface area contributed by atoms with Crippen molar-refractivity contribution in [2.24, 2.45) is 4.99 Å². The van der Waals surface area contributed by atoms with Gasteiger partial charge in [-0.2, -0.15) is 8.78 Å². The lowest BCUT2D eigenvalue weighted by molar-refractivity contribution is -0.0514. The van der Waals surface area contributed by atoms with E-state index in [9.17, 15) is 13.6 Å². The summed E-state index contributed by atoms with van der Waals surface area (Å²) in [5.74, 6) is -3.26. The predicted octanol–water partition coefficient (Wildman–Crippen LogP) is 4.44. The number of rotatable bonds is 9. The molecule has 0 bridgehead atoms.